The van der Waals surface area contributed by atoms with Crippen LogP contribution >= 0.6 is 11.3 Å². The summed E-state index contributed by atoms with van der Waals surface area (Å²) in [5, 5.41) is 18.3. The van der Waals surface area contributed by atoms with Gasteiger partial charge in [0.15, 0.2) is 6.10 Å². The molecule has 1 aliphatic heterocycles. The smallest absolute Gasteiger partial charge is 0.306 e. The Morgan fingerprint density at radius 2 is 1.80 bits per heavy atom. The monoisotopic (exact) mass is 713 g/mol. The fourth-order valence-corrected chi connectivity index (χ4v) is 7.89. The minimum atomic E-state index is -0.927. The Morgan fingerprint density at radius 1 is 1.10 bits per heavy atom. The van der Waals surface area contributed by atoms with Crippen molar-refractivity contribution in [2.45, 2.75) is 129 Å². The SMILES string of the molecule is CCC[C@H](NC(C)[C@H]1CCCCN1C)C(=O)N(C)[C@H](C[C@@H](OC(C)=O)c1nc(C(=O)N[C@@H](Cc2ccccc2)C[C@H](C)C(=O)O)cs1)C(C)C. The van der Waals surface area contributed by atoms with Crippen molar-refractivity contribution in [1.82, 2.24) is 25.4 Å². The maximum absolute atomic E-state index is 14.1. The largest absolute Gasteiger partial charge is 0.481 e. The molecule has 3 N–H and O–H groups in total. The Balaban J connectivity index is 1.78. The van der Waals surface area contributed by atoms with Gasteiger partial charge in [-0.05, 0) is 64.1 Å². The van der Waals surface area contributed by atoms with E-state index in [0.29, 0.717) is 30.3 Å². The topological polar surface area (TPSA) is 141 Å². The van der Waals surface area contributed by atoms with E-state index in [-0.39, 0.29) is 42.1 Å². The summed E-state index contributed by atoms with van der Waals surface area (Å²) in [4.78, 5) is 60.3. The van der Waals surface area contributed by atoms with Gasteiger partial charge in [-0.1, -0.05) is 70.9 Å². The Hall–Kier alpha value is -3.35. The van der Waals surface area contributed by atoms with E-state index in [9.17, 15) is 24.3 Å². The molecule has 7 atom stereocenters. The summed E-state index contributed by atoms with van der Waals surface area (Å²) in [5.41, 5.74) is 1.15. The van der Waals surface area contributed by atoms with Crippen molar-refractivity contribution in [3.8, 4) is 0 Å². The predicted molar refractivity (Wildman–Crippen MR) is 197 cm³/mol. The highest BCUT2D eigenvalue weighted by atomic mass is 32.1. The number of hydrogen-bond donors (Lipinski definition) is 3. The van der Waals surface area contributed by atoms with Crippen LogP contribution in [-0.2, 0) is 25.5 Å². The second-order valence-corrected chi connectivity index (χ2v) is 15.2. The molecule has 0 radical (unpaired) electrons. The van der Waals surface area contributed by atoms with Crippen LogP contribution in [0.3, 0.4) is 0 Å². The zero-order valence-electron chi connectivity index (χ0n) is 31.2. The normalized spacial score (nSPS) is 18.8. The van der Waals surface area contributed by atoms with E-state index < -0.39 is 35.9 Å². The molecule has 2 aromatic rings. The van der Waals surface area contributed by atoms with Gasteiger partial charge in [0.05, 0.1) is 12.0 Å². The molecule has 11 nitrogen and oxygen atoms in total. The number of esters is 1. The van der Waals surface area contributed by atoms with Crippen molar-refractivity contribution >= 4 is 35.1 Å². The molecular formula is C38H59N5O6S. The zero-order valence-corrected chi connectivity index (χ0v) is 32.0. The molecule has 1 saturated heterocycles. The summed E-state index contributed by atoms with van der Waals surface area (Å²) in [5.74, 6) is -2.43. The van der Waals surface area contributed by atoms with Gasteiger partial charge in [-0.3, -0.25) is 19.2 Å². The van der Waals surface area contributed by atoms with E-state index in [0.717, 1.165) is 24.9 Å². The third-order valence-electron chi connectivity index (χ3n) is 9.87. The van der Waals surface area contributed by atoms with E-state index in [1.54, 1.807) is 17.2 Å². The predicted octanol–water partition coefficient (Wildman–Crippen LogP) is 5.70. The van der Waals surface area contributed by atoms with E-state index in [2.05, 4.69) is 41.4 Å². The minimum Gasteiger partial charge on any atom is -0.481 e. The lowest BCUT2D eigenvalue weighted by Gasteiger charge is -2.40. The van der Waals surface area contributed by atoms with Gasteiger partial charge >= 0.3 is 11.9 Å². The molecule has 0 saturated carbocycles. The van der Waals surface area contributed by atoms with Gasteiger partial charge in [0.25, 0.3) is 5.91 Å². The van der Waals surface area contributed by atoms with Crippen LogP contribution in [0.2, 0.25) is 0 Å². The van der Waals surface area contributed by atoms with Crippen molar-refractivity contribution in [3.63, 3.8) is 0 Å². The first-order chi connectivity index (χ1) is 23.7. The Labute approximate surface area is 302 Å². The number of nitrogens with one attached hydrogen (secondary N) is 2. The van der Waals surface area contributed by atoms with Gasteiger partial charge in [0.1, 0.15) is 10.7 Å². The van der Waals surface area contributed by atoms with Crippen molar-refractivity contribution < 1.29 is 29.0 Å². The number of amides is 2. The zero-order chi connectivity index (χ0) is 37.0. The summed E-state index contributed by atoms with van der Waals surface area (Å²) in [6.45, 7) is 12.4. The number of carboxylic acid groups (broad SMARTS) is 1. The number of ether oxygens (including phenoxy) is 1. The van der Waals surface area contributed by atoms with Crippen LogP contribution < -0.4 is 10.6 Å². The molecule has 1 aliphatic rings. The molecule has 1 unspecified atom stereocenters. The molecule has 278 valence electrons. The van der Waals surface area contributed by atoms with Gasteiger partial charge in [-0.2, -0.15) is 0 Å². The van der Waals surface area contributed by atoms with Crippen LogP contribution in [0, 0.1) is 11.8 Å². The van der Waals surface area contributed by atoms with Crippen molar-refractivity contribution in [1.29, 1.82) is 0 Å². The average Bonchev–Trinajstić information content (AvgIpc) is 3.56. The highest BCUT2D eigenvalue weighted by Crippen LogP contribution is 2.31. The molecule has 12 heteroatoms. The van der Waals surface area contributed by atoms with Crippen molar-refractivity contribution in [2.24, 2.45) is 11.8 Å². The maximum Gasteiger partial charge on any atom is 0.306 e. The van der Waals surface area contributed by atoms with Gasteiger partial charge in [-0.25, -0.2) is 4.98 Å². The van der Waals surface area contributed by atoms with Crippen LogP contribution in [0.1, 0.15) is 114 Å². The number of aliphatic carboxylic acids is 1. The number of likely N-dealkylation sites (tertiary alicyclic amines) is 1. The molecule has 1 aromatic heterocycles. The molecule has 50 heavy (non-hydrogen) atoms. The van der Waals surface area contributed by atoms with E-state index in [1.165, 1.54) is 31.1 Å². The standard InChI is InChI=1S/C38H59N5O6S/c1-9-15-30(39-26(5)32-18-13-14-19-42(32)7)37(46)43(8)33(24(2)3)22-34(49-27(6)44)36-41-31(23-50-36)35(45)40-29(20-25(4)38(47)48)21-28-16-11-10-12-17-28/h10-12,16-17,23-26,29-30,32-34,39H,9,13-15,18-22H2,1-8H3,(H,40,45)(H,47,48)/t25-,26?,29+,30-,32+,33+,34+/m0/s1. The first kappa shape index (κ1) is 41.1. The number of nitrogens with zero attached hydrogens (tertiary/aromatic N) is 3. The Morgan fingerprint density at radius 3 is 2.40 bits per heavy atom. The molecule has 2 amide bonds. The summed E-state index contributed by atoms with van der Waals surface area (Å²) in [7, 11) is 3.98. The highest BCUT2D eigenvalue weighted by Gasteiger charge is 2.35. The number of piperidine rings is 1. The Bertz CT molecular complexity index is 1390. The lowest BCUT2D eigenvalue weighted by molar-refractivity contribution is -0.148. The summed E-state index contributed by atoms with van der Waals surface area (Å²) in [6, 6.07) is 9.09. The third-order valence-corrected chi connectivity index (χ3v) is 10.8. The molecule has 0 aliphatic carbocycles. The number of thiazole rings is 1. The van der Waals surface area contributed by atoms with Crippen LogP contribution in [0.25, 0.3) is 0 Å². The summed E-state index contributed by atoms with van der Waals surface area (Å²) in [6.07, 6.45) is 5.35. The van der Waals surface area contributed by atoms with E-state index in [1.807, 2.05) is 51.2 Å². The van der Waals surface area contributed by atoms with Crippen molar-refractivity contribution in [2.75, 3.05) is 20.6 Å². The number of carboxylic acids is 1. The molecule has 3 rings (SSSR count). The van der Waals surface area contributed by atoms with Crippen LogP contribution in [0.15, 0.2) is 35.7 Å². The van der Waals surface area contributed by atoms with Gasteiger partial charge in [-0.15, -0.1) is 11.3 Å². The highest BCUT2D eigenvalue weighted by molar-refractivity contribution is 7.09. The number of rotatable bonds is 19. The number of benzene rings is 1. The molecule has 1 aromatic carbocycles. The third kappa shape index (κ3) is 12.2. The Kier molecular flexibility index (Phi) is 16.3. The van der Waals surface area contributed by atoms with Crippen LogP contribution in [0.5, 0.6) is 0 Å². The molecular weight excluding hydrogens is 655 g/mol. The van der Waals surface area contributed by atoms with Crippen LogP contribution in [-0.4, -0.2) is 94.5 Å². The second-order valence-electron chi connectivity index (χ2n) is 14.3. The fourth-order valence-electron chi connectivity index (χ4n) is 7.05. The minimum absolute atomic E-state index is 0.0108. The number of carbonyl (C=O) groups excluding carboxylic acids is 3. The van der Waals surface area contributed by atoms with Gasteiger partial charge < -0.3 is 30.3 Å². The van der Waals surface area contributed by atoms with E-state index >= 15 is 0 Å². The molecule has 0 spiro atoms. The lowest BCUT2D eigenvalue weighted by Crippen LogP contribution is -2.57. The van der Waals surface area contributed by atoms with Crippen LogP contribution in [0.4, 0.5) is 0 Å². The lowest BCUT2D eigenvalue weighted by atomic mass is 9.94. The maximum atomic E-state index is 14.1. The second kappa shape index (κ2) is 19.9. The molecule has 1 fully saturated rings. The number of aromatic nitrogens is 1. The summed E-state index contributed by atoms with van der Waals surface area (Å²) < 4.78 is 5.80. The fraction of sp³-hybridized carbons (Fsp3) is 0.658. The van der Waals surface area contributed by atoms with E-state index in [4.69, 9.17) is 4.74 Å². The molecule has 0 bridgehead atoms. The van der Waals surface area contributed by atoms with Gasteiger partial charge in [0, 0.05) is 49.9 Å². The molecule has 2 heterocycles. The number of hydrogen-bond acceptors (Lipinski definition) is 9. The summed E-state index contributed by atoms with van der Waals surface area (Å²) >= 11 is 1.23. The first-order valence-corrected chi connectivity index (χ1v) is 19.0. The number of likely N-dealkylation sites (N-methyl/N-ethyl adjacent to an activating group) is 2. The van der Waals surface area contributed by atoms with Gasteiger partial charge in [0.2, 0.25) is 5.91 Å². The van der Waals surface area contributed by atoms with Crippen molar-refractivity contribution in [3.05, 3.63) is 52.0 Å². The average molecular weight is 714 g/mol. The first-order valence-electron chi connectivity index (χ1n) is 18.1. The number of carbonyl (C=O) groups is 4. The quantitative estimate of drug-likeness (QED) is 0.156.